The molecular weight excluding hydrogens is 262 g/mol. The Balaban J connectivity index is 0.00000180. The van der Waals surface area contributed by atoms with E-state index in [1.807, 2.05) is 24.3 Å². The number of carbonyl (C=O) groups is 1. The molecule has 0 N–H and O–H groups in total. The Labute approximate surface area is 120 Å². The summed E-state index contributed by atoms with van der Waals surface area (Å²) in [5.41, 5.74) is 2.16. The zero-order valence-corrected chi connectivity index (χ0v) is 12.4. The minimum atomic E-state index is 0. The summed E-state index contributed by atoms with van der Waals surface area (Å²) >= 11 is 0. The number of ether oxygens (including phenoxy) is 1. The van der Waals surface area contributed by atoms with Gasteiger partial charge in [-0.25, -0.2) is 0 Å². The Kier molecular flexibility index (Phi) is 5.58. The van der Waals surface area contributed by atoms with Crippen LogP contribution < -0.4 is 4.74 Å². The fraction of sp³-hybridized carbons (Fsp3) is 0.400. The van der Waals surface area contributed by atoms with Gasteiger partial charge < -0.3 is 9.64 Å². The van der Waals surface area contributed by atoms with Crippen molar-refractivity contribution in [2.75, 3.05) is 21.2 Å². The van der Waals surface area contributed by atoms with Crippen molar-refractivity contribution in [2.24, 2.45) is 0 Å². The molecule has 1 aliphatic rings. The largest absolute Gasteiger partial charge is 0.497 e. The van der Waals surface area contributed by atoms with Gasteiger partial charge in [0.05, 0.1) is 7.11 Å². The molecular formula is C15H20ClNO2. The quantitative estimate of drug-likeness (QED) is 0.853. The van der Waals surface area contributed by atoms with Crippen molar-refractivity contribution < 1.29 is 9.53 Å². The standard InChI is InChI=1S/C15H19NO2.ClH/c1-16(2)15-8-7-12(17)10-14(15)11-5-4-6-13(9-11)18-3;/h4-6,9-10,15H,7-8H2,1-3H3;1H. The summed E-state index contributed by atoms with van der Waals surface area (Å²) in [6.45, 7) is 0. The van der Waals surface area contributed by atoms with Crippen LogP contribution in [0, 0.1) is 0 Å². The van der Waals surface area contributed by atoms with E-state index in [2.05, 4.69) is 19.0 Å². The van der Waals surface area contributed by atoms with Crippen LogP contribution in [0.15, 0.2) is 30.3 Å². The molecule has 0 heterocycles. The van der Waals surface area contributed by atoms with Crippen molar-refractivity contribution in [3.63, 3.8) is 0 Å². The van der Waals surface area contributed by atoms with E-state index in [1.54, 1.807) is 13.2 Å². The molecule has 0 aliphatic heterocycles. The molecule has 0 saturated carbocycles. The molecule has 0 bridgehead atoms. The Morgan fingerprint density at radius 3 is 2.68 bits per heavy atom. The molecule has 19 heavy (non-hydrogen) atoms. The van der Waals surface area contributed by atoms with Crippen molar-refractivity contribution in [2.45, 2.75) is 18.9 Å². The monoisotopic (exact) mass is 281 g/mol. The zero-order chi connectivity index (χ0) is 13.1. The van der Waals surface area contributed by atoms with Crippen LogP contribution >= 0.6 is 12.4 Å². The smallest absolute Gasteiger partial charge is 0.156 e. The number of rotatable bonds is 3. The van der Waals surface area contributed by atoms with E-state index in [4.69, 9.17) is 4.74 Å². The summed E-state index contributed by atoms with van der Waals surface area (Å²) in [5, 5.41) is 0. The highest BCUT2D eigenvalue weighted by molar-refractivity contribution is 5.99. The van der Waals surface area contributed by atoms with E-state index >= 15 is 0 Å². The number of methoxy groups -OCH3 is 1. The molecule has 1 atom stereocenters. The predicted molar refractivity (Wildman–Crippen MR) is 79.9 cm³/mol. The minimum Gasteiger partial charge on any atom is -0.497 e. The van der Waals surface area contributed by atoms with Crippen molar-refractivity contribution >= 4 is 23.8 Å². The first-order valence-electron chi connectivity index (χ1n) is 6.17. The Hall–Kier alpha value is -1.32. The third kappa shape index (κ3) is 3.58. The SMILES string of the molecule is COc1cccc(C2=CC(=O)CCC2N(C)C)c1.Cl. The highest BCUT2D eigenvalue weighted by Crippen LogP contribution is 2.30. The Bertz CT molecular complexity index is 483. The van der Waals surface area contributed by atoms with Gasteiger partial charge in [0.25, 0.3) is 0 Å². The van der Waals surface area contributed by atoms with Gasteiger partial charge in [0.1, 0.15) is 5.75 Å². The summed E-state index contributed by atoms with van der Waals surface area (Å²) < 4.78 is 5.24. The molecule has 0 spiro atoms. The lowest BCUT2D eigenvalue weighted by atomic mass is 9.88. The van der Waals surface area contributed by atoms with Crippen LogP contribution in [0.1, 0.15) is 18.4 Å². The Morgan fingerprint density at radius 2 is 2.05 bits per heavy atom. The molecule has 3 nitrogen and oxygen atoms in total. The summed E-state index contributed by atoms with van der Waals surface area (Å²) in [4.78, 5) is 13.8. The number of carbonyl (C=O) groups excluding carboxylic acids is 1. The van der Waals surface area contributed by atoms with E-state index in [9.17, 15) is 4.79 Å². The number of nitrogens with zero attached hydrogens (tertiary/aromatic N) is 1. The highest BCUT2D eigenvalue weighted by atomic mass is 35.5. The molecule has 0 amide bonds. The van der Waals surface area contributed by atoms with Gasteiger partial charge in [-0.2, -0.15) is 0 Å². The number of ketones is 1. The molecule has 1 unspecified atom stereocenters. The molecule has 1 aromatic carbocycles. The summed E-state index contributed by atoms with van der Waals surface area (Å²) in [7, 11) is 5.76. The molecule has 0 fully saturated rings. The van der Waals surface area contributed by atoms with Gasteiger partial charge >= 0.3 is 0 Å². The minimum absolute atomic E-state index is 0. The highest BCUT2D eigenvalue weighted by Gasteiger charge is 2.24. The fourth-order valence-electron chi connectivity index (χ4n) is 2.39. The summed E-state index contributed by atoms with van der Waals surface area (Å²) in [6.07, 6.45) is 3.30. The lowest BCUT2D eigenvalue weighted by molar-refractivity contribution is -0.115. The molecule has 104 valence electrons. The van der Waals surface area contributed by atoms with Crippen LogP contribution in [-0.2, 0) is 4.79 Å². The first-order chi connectivity index (χ1) is 8.61. The summed E-state index contributed by atoms with van der Waals surface area (Å²) in [5.74, 6) is 1.04. The van der Waals surface area contributed by atoms with Crippen LogP contribution in [0.25, 0.3) is 5.57 Å². The maximum atomic E-state index is 11.6. The van der Waals surface area contributed by atoms with Crippen LogP contribution in [-0.4, -0.2) is 37.9 Å². The van der Waals surface area contributed by atoms with Gasteiger partial charge in [0.2, 0.25) is 0 Å². The number of benzene rings is 1. The Morgan fingerprint density at radius 1 is 1.32 bits per heavy atom. The van der Waals surface area contributed by atoms with Crippen molar-refractivity contribution in [1.82, 2.24) is 4.90 Å². The molecule has 4 heteroatoms. The normalized spacial score (nSPS) is 18.8. The zero-order valence-electron chi connectivity index (χ0n) is 11.6. The number of hydrogen-bond acceptors (Lipinski definition) is 3. The fourth-order valence-corrected chi connectivity index (χ4v) is 2.39. The van der Waals surface area contributed by atoms with Crippen LogP contribution in [0.3, 0.4) is 0 Å². The average Bonchev–Trinajstić information content (AvgIpc) is 2.38. The topological polar surface area (TPSA) is 29.5 Å². The maximum absolute atomic E-state index is 11.6. The second kappa shape index (κ2) is 6.73. The molecule has 1 aliphatic carbocycles. The number of likely N-dealkylation sites (N-methyl/N-ethyl adjacent to an activating group) is 1. The van der Waals surface area contributed by atoms with Gasteiger partial charge in [-0.15, -0.1) is 12.4 Å². The van der Waals surface area contributed by atoms with Crippen LogP contribution in [0.2, 0.25) is 0 Å². The van der Waals surface area contributed by atoms with E-state index < -0.39 is 0 Å². The van der Waals surface area contributed by atoms with Gasteiger partial charge in [-0.1, -0.05) is 12.1 Å². The number of halogens is 1. The average molecular weight is 282 g/mol. The predicted octanol–water partition coefficient (Wildman–Crippen LogP) is 2.79. The first kappa shape index (κ1) is 15.7. The second-order valence-electron chi connectivity index (χ2n) is 4.82. The van der Waals surface area contributed by atoms with E-state index in [0.717, 1.165) is 23.3 Å². The number of allylic oxidation sites excluding steroid dienone is 1. The third-order valence-electron chi connectivity index (χ3n) is 3.37. The van der Waals surface area contributed by atoms with Crippen molar-refractivity contribution in [3.05, 3.63) is 35.9 Å². The second-order valence-corrected chi connectivity index (χ2v) is 4.82. The lowest BCUT2D eigenvalue weighted by Gasteiger charge is -2.30. The molecule has 2 rings (SSSR count). The van der Waals surface area contributed by atoms with E-state index in [0.29, 0.717) is 12.5 Å². The molecule has 1 aromatic rings. The van der Waals surface area contributed by atoms with E-state index in [1.165, 1.54) is 0 Å². The van der Waals surface area contributed by atoms with Gasteiger partial charge in [0.15, 0.2) is 5.78 Å². The third-order valence-corrected chi connectivity index (χ3v) is 3.37. The summed E-state index contributed by atoms with van der Waals surface area (Å²) in [6, 6.07) is 8.19. The van der Waals surface area contributed by atoms with Crippen molar-refractivity contribution in [3.8, 4) is 5.75 Å². The van der Waals surface area contributed by atoms with Crippen LogP contribution in [0.5, 0.6) is 5.75 Å². The van der Waals surface area contributed by atoms with Gasteiger partial charge in [-0.05, 0) is 49.9 Å². The maximum Gasteiger partial charge on any atom is 0.156 e. The van der Waals surface area contributed by atoms with E-state index in [-0.39, 0.29) is 18.2 Å². The van der Waals surface area contributed by atoms with Gasteiger partial charge in [-0.3, -0.25) is 4.79 Å². The lowest BCUT2D eigenvalue weighted by Crippen LogP contribution is -2.32. The number of hydrogen-bond donors (Lipinski definition) is 0. The van der Waals surface area contributed by atoms with Crippen molar-refractivity contribution in [1.29, 1.82) is 0 Å². The molecule has 0 radical (unpaired) electrons. The van der Waals surface area contributed by atoms with Gasteiger partial charge in [0, 0.05) is 12.5 Å². The van der Waals surface area contributed by atoms with Crippen LogP contribution in [0.4, 0.5) is 0 Å². The molecule has 0 saturated heterocycles. The molecule has 0 aromatic heterocycles. The first-order valence-corrected chi connectivity index (χ1v) is 6.17.